The van der Waals surface area contributed by atoms with Gasteiger partial charge in [-0.25, -0.2) is 0 Å². The highest BCUT2D eigenvalue weighted by molar-refractivity contribution is 7.86. The summed E-state index contributed by atoms with van der Waals surface area (Å²) in [4.78, 5) is 25.9. The third-order valence-electron chi connectivity index (χ3n) is 8.62. The predicted octanol–water partition coefficient (Wildman–Crippen LogP) is 8.97. The van der Waals surface area contributed by atoms with Crippen LogP contribution in [0.3, 0.4) is 0 Å². The number of nitrogens with one attached hydrogen (secondary N) is 1. The van der Waals surface area contributed by atoms with Gasteiger partial charge in [0.05, 0.1) is 39.3 Å². The molecule has 1 unspecified atom stereocenters. The molecule has 2 amide bonds. The Morgan fingerprint density at radius 1 is 0.927 bits per heavy atom. The van der Waals surface area contributed by atoms with Gasteiger partial charge in [-0.15, -0.1) is 0 Å². The number of phenolic OH excluding ortho intramolecular Hbond substituents is 1. The lowest BCUT2D eigenvalue weighted by Crippen LogP contribution is -2.30. The molecule has 0 bridgehead atoms. The van der Waals surface area contributed by atoms with Crippen molar-refractivity contribution in [1.82, 2.24) is 5.32 Å². The molecule has 6 rings (SSSR count). The van der Waals surface area contributed by atoms with Crippen LogP contribution in [0.4, 0.5) is 11.4 Å². The number of carbonyl (C=O) groups excluding carboxylic acids is 2. The Kier molecular flexibility index (Phi) is 11.7. The third-order valence-corrected chi connectivity index (χ3v) is 10.2. The van der Waals surface area contributed by atoms with Crippen molar-refractivity contribution >= 4 is 73.0 Å². The van der Waals surface area contributed by atoms with E-state index < -0.39 is 32.9 Å². The van der Waals surface area contributed by atoms with E-state index in [1.807, 2.05) is 26.0 Å². The van der Waals surface area contributed by atoms with E-state index in [4.69, 9.17) is 32.7 Å². The Morgan fingerprint density at radius 3 is 2.36 bits per heavy atom. The summed E-state index contributed by atoms with van der Waals surface area (Å²) in [5.41, 5.74) is 2.99. The van der Waals surface area contributed by atoms with Gasteiger partial charge < -0.3 is 19.9 Å². The summed E-state index contributed by atoms with van der Waals surface area (Å²) in [5, 5.41) is 27.9. The zero-order valence-corrected chi connectivity index (χ0v) is 32.1. The Labute approximate surface area is 326 Å². The Balaban J connectivity index is 1.10. The van der Waals surface area contributed by atoms with E-state index in [1.54, 1.807) is 55.5 Å². The van der Waals surface area contributed by atoms with Crippen molar-refractivity contribution in [3.05, 3.63) is 112 Å². The number of benzene rings is 5. The highest BCUT2D eigenvalue weighted by Gasteiger charge is 2.36. The highest BCUT2D eigenvalue weighted by atomic mass is 35.5. The first-order valence-corrected chi connectivity index (χ1v) is 19.2. The summed E-state index contributed by atoms with van der Waals surface area (Å²) in [6.07, 6.45) is 1.40. The molecule has 3 N–H and O–H groups in total. The predicted molar refractivity (Wildman–Crippen MR) is 210 cm³/mol. The summed E-state index contributed by atoms with van der Waals surface area (Å²) in [6.45, 7) is 6.50. The minimum absolute atomic E-state index is 0.000238. The number of rotatable bonds is 13. The molecule has 0 radical (unpaired) electrons. The summed E-state index contributed by atoms with van der Waals surface area (Å²) in [6, 6.07) is 22.0. The average Bonchev–Trinajstić information content (AvgIpc) is 3.43. The molecule has 0 saturated heterocycles. The molecule has 0 saturated carbocycles. The SMILES string of the molecule is CC1=NN(c2cc(Cl)c(S(=O)(=O)O)cc2Cl)C(=O)C1N=Nc1ccc(Oc2cc(C(=O)NCCCCOc3ccc(C)cc3C)c(O)c3ccccc23)cc1. The molecule has 16 heteroatoms. The Bertz CT molecular complexity index is 2480. The maximum absolute atomic E-state index is 13.2. The van der Waals surface area contributed by atoms with Crippen LogP contribution in [0, 0.1) is 13.8 Å². The molecule has 284 valence electrons. The van der Waals surface area contributed by atoms with E-state index in [9.17, 15) is 27.7 Å². The number of amides is 2. The molecule has 13 nitrogen and oxygen atoms in total. The standard InChI is InChI=1S/C39H35Cl2N5O8S/c1-22-10-15-33(23(2)18-22)53-17-7-6-16-42-38(48)29-19-34(27-8-4-5-9-28(27)37(29)47)54-26-13-11-25(12-14-26)43-44-36-24(3)45-46(39(36)49)32-20-31(41)35(21-30(32)40)55(50,51)52/h4-5,8-15,18-21,36,47H,6-7,16-17H2,1-3H3,(H,42,48)(H,50,51,52). The van der Waals surface area contributed by atoms with Crippen LogP contribution < -0.4 is 19.8 Å². The van der Waals surface area contributed by atoms with Gasteiger partial charge in [0.2, 0.25) is 0 Å². The van der Waals surface area contributed by atoms with Crippen molar-refractivity contribution in [1.29, 1.82) is 0 Å². The number of anilines is 1. The number of halogens is 2. The third kappa shape index (κ3) is 8.89. The number of hydrogen-bond donors (Lipinski definition) is 3. The van der Waals surface area contributed by atoms with Gasteiger partial charge >= 0.3 is 0 Å². The summed E-state index contributed by atoms with van der Waals surface area (Å²) in [5.74, 6) is 0.380. The second kappa shape index (κ2) is 16.4. The first-order chi connectivity index (χ1) is 26.2. The van der Waals surface area contributed by atoms with Crippen LogP contribution in [-0.2, 0) is 14.9 Å². The van der Waals surface area contributed by atoms with Gasteiger partial charge in [-0.05, 0) is 87.7 Å². The lowest BCUT2D eigenvalue weighted by Gasteiger charge is -2.15. The number of aryl methyl sites for hydroxylation is 2. The number of unbranched alkanes of at least 4 members (excludes halogenated alkanes) is 1. The smallest absolute Gasteiger partial charge is 0.296 e. The number of carbonyl (C=O) groups is 2. The first-order valence-electron chi connectivity index (χ1n) is 17.0. The van der Waals surface area contributed by atoms with Crippen LogP contribution in [-0.4, -0.2) is 54.8 Å². The number of azo groups is 1. The molecule has 1 aliphatic rings. The second-order valence-electron chi connectivity index (χ2n) is 12.7. The number of phenols is 1. The van der Waals surface area contributed by atoms with Crippen LogP contribution in [0.25, 0.3) is 10.8 Å². The minimum Gasteiger partial charge on any atom is -0.506 e. The molecule has 5 aromatic rings. The summed E-state index contributed by atoms with van der Waals surface area (Å²) < 4.78 is 44.6. The number of ether oxygens (including phenoxy) is 2. The molecule has 55 heavy (non-hydrogen) atoms. The fourth-order valence-electron chi connectivity index (χ4n) is 5.82. The molecule has 1 atom stereocenters. The summed E-state index contributed by atoms with van der Waals surface area (Å²) in [7, 11) is -4.65. The van der Waals surface area contributed by atoms with E-state index in [2.05, 4.69) is 26.7 Å². The molecule has 0 spiro atoms. The maximum atomic E-state index is 13.2. The maximum Gasteiger partial charge on any atom is 0.296 e. The number of hydrogen-bond acceptors (Lipinski definition) is 10. The minimum atomic E-state index is -4.65. The van der Waals surface area contributed by atoms with E-state index in [0.717, 1.165) is 34.9 Å². The van der Waals surface area contributed by atoms with Crippen molar-refractivity contribution in [2.24, 2.45) is 15.3 Å². The number of nitrogens with zero attached hydrogens (tertiary/aromatic N) is 4. The quantitative estimate of drug-likeness (QED) is 0.0599. The Hall–Kier alpha value is -5.54. The van der Waals surface area contributed by atoms with Crippen molar-refractivity contribution < 1.29 is 37.1 Å². The Morgan fingerprint density at radius 2 is 1.65 bits per heavy atom. The van der Waals surface area contributed by atoms with Gasteiger partial charge in [-0.3, -0.25) is 14.1 Å². The van der Waals surface area contributed by atoms with Crippen LogP contribution in [0.5, 0.6) is 23.0 Å². The fourth-order valence-corrected chi connectivity index (χ4v) is 7.15. The second-order valence-corrected chi connectivity index (χ2v) is 14.9. The molecule has 0 aliphatic carbocycles. The molecular weight excluding hydrogens is 769 g/mol. The lowest BCUT2D eigenvalue weighted by molar-refractivity contribution is -0.117. The zero-order valence-electron chi connectivity index (χ0n) is 29.8. The molecule has 1 heterocycles. The molecule has 1 aliphatic heterocycles. The van der Waals surface area contributed by atoms with Gasteiger partial charge in [0.25, 0.3) is 21.9 Å². The van der Waals surface area contributed by atoms with Crippen molar-refractivity contribution in [3.8, 4) is 23.0 Å². The van der Waals surface area contributed by atoms with Crippen LogP contribution >= 0.6 is 23.2 Å². The highest BCUT2D eigenvalue weighted by Crippen LogP contribution is 2.39. The van der Waals surface area contributed by atoms with Gasteiger partial charge in [0.1, 0.15) is 27.9 Å². The van der Waals surface area contributed by atoms with Gasteiger partial charge in [0, 0.05) is 17.3 Å². The average molecular weight is 805 g/mol. The van der Waals surface area contributed by atoms with Crippen LogP contribution in [0.1, 0.15) is 41.3 Å². The van der Waals surface area contributed by atoms with Crippen molar-refractivity contribution in [3.63, 3.8) is 0 Å². The van der Waals surface area contributed by atoms with E-state index >= 15 is 0 Å². The molecule has 0 aromatic heterocycles. The monoisotopic (exact) mass is 803 g/mol. The largest absolute Gasteiger partial charge is 0.506 e. The molecular formula is C39H35Cl2N5O8S. The van der Waals surface area contributed by atoms with Gasteiger partial charge in [0.15, 0.2) is 6.04 Å². The first kappa shape index (κ1) is 39.2. The fraction of sp³-hybridized carbons (Fsp3) is 0.205. The lowest BCUT2D eigenvalue weighted by atomic mass is 10.0. The molecule has 0 fully saturated rings. The topological polar surface area (TPSA) is 180 Å². The van der Waals surface area contributed by atoms with Gasteiger partial charge in [-0.2, -0.15) is 28.8 Å². The number of aromatic hydroxyl groups is 1. The van der Waals surface area contributed by atoms with E-state index in [-0.39, 0.29) is 27.0 Å². The van der Waals surface area contributed by atoms with E-state index in [1.165, 1.54) is 11.6 Å². The van der Waals surface area contributed by atoms with Crippen molar-refractivity contribution in [2.45, 2.75) is 44.6 Å². The normalized spacial score (nSPS) is 14.4. The van der Waals surface area contributed by atoms with Crippen LogP contribution in [0.2, 0.25) is 10.0 Å². The van der Waals surface area contributed by atoms with Crippen LogP contribution in [0.15, 0.2) is 105 Å². The number of hydrazone groups is 1. The van der Waals surface area contributed by atoms with Gasteiger partial charge in [-0.1, -0.05) is 65.2 Å². The number of fused-ring (bicyclic) bond motifs is 1. The molecule has 5 aromatic carbocycles. The van der Waals surface area contributed by atoms with Crippen molar-refractivity contribution in [2.75, 3.05) is 18.2 Å². The van der Waals surface area contributed by atoms with E-state index in [0.29, 0.717) is 53.2 Å². The summed E-state index contributed by atoms with van der Waals surface area (Å²) >= 11 is 12.2. The zero-order chi connectivity index (χ0) is 39.4.